The van der Waals surface area contributed by atoms with Crippen molar-refractivity contribution in [3.8, 4) is 0 Å². The summed E-state index contributed by atoms with van der Waals surface area (Å²) in [5.41, 5.74) is 16.9. The first-order valence-corrected chi connectivity index (χ1v) is 19.7. The average Bonchev–Trinajstić information content (AvgIpc) is 3.69. The number of H-pyrrole nitrogens is 1. The molecule has 0 spiro atoms. The van der Waals surface area contributed by atoms with E-state index >= 15 is 0 Å². The average molecular weight is 752 g/mol. The smallest absolute Gasteiger partial charge is 0.328 e. The van der Waals surface area contributed by atoms with Crippen LogP contribution in [0.3, 0.4) is 0 Å². The molecule has 1 aromatic heterocycles. The van der Waals surface area contributed by atoms with Gasteiger partial charge in [-0.1, -0.05) is 66.6 Å². The number of aliphatic hydroxyl groups is 2. The number of fused-ring (bicyclic) bond motifs is 5. The number of rotatable bonds is 20. The lowest BCUT2D eigenvalue weighted by atomic mass is 9.58. The Kier molecular flexibility index (Phi) is 13.6. The van der Waals surface area contributed by atoms with Crippen LogP contribution in [0.2, 0.25) is 0 Å². The van der Waals surface area contributed by atoms with Gasteiger partial charge in [-0.15, -0.1) is 0 Å². The standard InChI is InChI=1S/C43H55N6O6/c44-33(11-6-27(24-52)3-2-15-50)12-10-28-8-9-30-19-32-18-29-7-5-26(13-16-51)17-31(29)20-35(32)42(28)36(30)22-39(48-40-4-1-14-46-40)37(23-41(54)55)38-21-34(25-53)47-43(45)49-38/h1,4-5,7-9,14,16-18,20,23-24,27-28,30,33-34,36,38-39,42,46,50,53H,2-3,6,10-13,15,19,21-22,25,44H2,(H,54,55)(H3,45,47,49)/q-1/b37-23+/t27-,28-,30-,33-,34-,36+,38+,39-,42+/m1/s1. The van der Waals surface area contributed by atoms with Gasteiger partial charge in [0.05, 0.1) is 18.7 Å². The third kappa shape index (κ3) is 9.91. The molecule has 3 aromatic rings. The molecule has 2 aromatic carbocycles. The maximum atomic E-state index is 12.5. The summed E-state index contributed by atoms with van der Waals surface area (Å²) in [6.07, 6.45) is 16.0. The van der Waals surface area contributed by atoms with Crippen molar-refractivity contribution in [3.05, 3.63) is 94.5 Å². The number of aldehydes is 2. The van der Waals surface area contributed by atoms with Gasteiger partial charge in [0.25, 0.3) is 0 Å². The highest BCUT2D eigenvalue weighted by Gasteiger charge is 2.43. The van der Waals surface area contributed by atoms with E-state index in [-0.39, 0.29) is 60.8 Å². The van der Waals surface area contributed by atoms with Gasteiger partial charge in [-0.05, 0) is 121 Å². The molecule has 55 heavy (non-hydrogen) atoms. The molecule has 2 bridgehead atoms. The lowest BCUT2D eigenvalue weighted by Gasteiger charge is -2.48. The minimum atomic E-state index is -1.10. The molecule has 6 rings (SSSR count). The normalized spacial score (nSPS) is 24.9. The van der Waals surface area contributed by atoms with E-state index < -0.39 is 18.1 Å². The molecule has 1 aliphatic heterocycles. The number of benzene rings is 2. The number of guanidine groups is 1. The Morgan fingerprint density at radius 1 is 1.05 bits per heavy atom. The second-order valence-corrected chi connectivity index (χ2v) is 15.6. The molecule has 12 heteroatoms. The van der Waals surface area contributed by atoms with Crippen LogP contribution < -0.4 is 16.8 Å². The van der Waals surface area contributed by atoms with Gasteiger partial charge in [-0.2, -0.15) is 0 Å². The van der Waals surface area contributed by atoms with E-state index in [0.717, 1.165) is 54.6 Å². The van der Waals surface area contributed by atoms with E-state index in [1.165, 1.54) is 17.2 Å². The van der Waals surface area contributed by atoms with Gasteiger partial charge in [0.2, 0.25) is 0 Å². The molecule has 0 unspecified atom stereocenters. The third-order valence-electron chi connectivity index (χ3n) is 11.9. The van der Waals surface area contributed by atoms with Crippen LogP contribution in [0.1, 0.15) is 74.0 Å². The van der Waals surface area contributed by atoms with Gasteiger partial charge in [0, 0.05) is 31.1 Å². The Labute approximate surface area is 322 Å². The number of aliphatic hydroxyl groups excluding tert-OH is 2. The monoisotopic (exact) mass is 751 g/mol. The highest BCUT2D eigenvalue weighted by molar-refractivity contribution is 5.86. The first-order valence-electron chi connectivity index (χ1n) is 19.7. The number of carbonyl (C=O) groups excluding carboxylic acids is 2. The minimum Gasteiger partial charge on any atom is -0.478 e. The van der Waals surface area contributed by atoms with Crippen LogP contribution in [0.15, 0.2) is 77.5 Å². The number of nitrogens with two attached hydrogens (primary N) is 2. The van der Waals surface area contributed by atoms with E-state index in [9.17, 15) is 29.7 Å². The Morgan fingerprint density at radius 3 is 2.64 bits per heavy atom. The highest BCUT2D eigenvalue weighted by Crippen LogP contribution is 2.53. The van der Waals surface area contributed by atoms with Crippen molar-refractivity contribution >= 4 is 41.1 Å². The summed E-state index contributed by atoms with van der Waals surface area (Å²) in [4.78, 5) is 43.4. The molecule has 0 radical (unpaired) electrons. The number of nitrogens with one attached hydrogen (secondary N) is 2. The van der Waals surface area contributed by atoms with Crippen molar-refractivity contribution in [1.82, 2.24) is 10.3 Å². The molecule has 0 saturated heterocycles. The predicted molar refractivity (Wildman–Crippen MR) is 214 cm³/mol. The molecule has 9 atom stereocenters. The highest BCUT2D eigenvalue weighted by atomic mass is 16.4. The molecular weight excluding hydrogens is 697 g/mol. The van der Waals surface area contributed by atoms with E-state index in [1.54, 1.807) is 6.20 Å². The number of hydrogen-bond donors (Lipinski definition) is 7. The number of carboxylic acid groups (broad SMARTS) is 1. The Hall–Kier alpha value is -4.78. The summed E-state index contributed by atoms with van der Waals surface area (Å²) >= 11 is 0. The van der Waals surface area contributed by atoms with Crippen molar-refractivity contribution in [2.45, 2.75) is 94.3 Å². The lowest BCUT2D eigenvalue weighted by Crippen LogP contribution is -2.49. The summed E-state index contributed by atoms with van der Waals surface area (Å²) in [7, 11) is 0. The molecule has 12 nitrogen and oxygen atoms in total. The number of aromatic nitrogens is 1. The largest absolute Gasteiger partial charge is 0.478 e. The zero-order chi connectivity index (χ0) is 38.9. The first-order chi connectivity index (χ1) is 26.7. The van der Waals surface area contributed by atoms with Crippen LogP contribution in [-0.4, -0.2) is 82.2 Å². The van der Waals surface area contributed by atoms with Crippen molar-refractivity contribution in [3.63, 3.8) is 0 Å². The number of aromatic amines is 1. The maximum absolute atomic E-state index is 12.5. The summed E-state index contributed by atoms with van der Waals surface area (Å²) < 4.78 is 0. The zero-order valence-electron chi connectivity index (χ0n) is 31.3. The number of allylic oxidation sites excluding steroid dienone is 2. The fourth-order valence-electron chi connectivity index (χ4n) is 9.17. The van der Waals surface area contributed by atoms with Gasteiger partial charge in [-0.25, -0.2) is 9.79 Å². The number of aliphatic carboxylic acids is 1. The van der Waals surface area contributed by atoms with Crippen molar-refractivity contribution in [1.29, 1.82) is 0 Å². The fraction of sp³-hybridized carbons (Fsp3) is 0.488. The topological polar surface area (TPSA) is 218 Å². The molecule has 294 valence electrons. The fourth-order valence-corrected chi connectivity index (χ4v) is 9.17. The second-order valence-electron chi connectivity index (χ2n) is 15.6. The van der Waals surface area contributed by atoms with Crippen LogP contribution in [0, 0.1) is 23.7 Å². The van der Waals surface area contributed by atoms with Gasteiger partial charge in [0.1, 0.15) is 12.6 Å². The van der Waals surface area contributed by atoms with Crippen LogP contribution in [-0.2, 0) is 27.2 Å². The number of carbonyl (C=O) groups is 3. The SMILES string of the molecule is NC1=N[C@H](/C(=C\C(=O)O)[C@@H](C[C@@H]2[C@@H]3c4cc5cc(CC=O)ccc5cc4C[C@H]2C=C[C@@H]3CC[C@H](N)CC[C@H](C=O)CCCO)[N-]c2ccc[nH]2)C[C@H](CO)N1. The van der Waals surface area contributed by atoms with Crippen molar-refractivity contribution in [2.24, 2.45) is 40.1 Å². The van der Waals surface area contributed by atoms with E-state index in [1.807, 2.05) is 18.2 Å². The summed E-state index contributed by atoms with van der Waals surface area (Å²) in [5, 5.41) is 39.8. The number of aliphatic imine (C=N–C) groups is 1. The molecule has 2 heterocycles. The van der Waals surface area contributed by atoms with Crippen LogP contribution in [0.4, 0.5) is 5.82 Å². The predicted octanol–water partition coefficient (Wildman–Crippen LogP) is 4.96. The lowest BCUT2D eigenvalue weighted by molar-refractivity contribution is -0.131. The minimum absolute atomic E-state index is 0.0676. The first kappa shape index (κ1) is 39.9. The molecule has 0 saturated carbocycles. The molecule has 9 N–H and O–H groups in total. The van der Waals surface area contributed by atoms with Gasteiger partial charge < -0.3 is 52.0 Å². The number of carboxylic acids is 1. The summed E-state index contributed by atoms with van der Waals surface area (Å²) in [5.74, 6) is 0.0630. The number of nitrogens with zero attached hydrogens (tertiary/aromatic N) is 2. The maximum Gasteiger partial charge on any atom is 0.328 e. The zero-order valence-corrected chi connectivity index (χ0v) is 31.3. The quantitative estimate of drug-likeness (QED) is 0.0471. The third-order valence-corrected chi connectivity index (χ3v) is 11.9. The van der Waals surface area contributed by atoms with Crippen LogP contribution in [0.5, 0.6) is 0 Å². The Balaban J connectivity index is 1.36. The number of hydrogen-bond acceptors (Lipinski definition) is 9. The molecule has 2 aliphatic carbocycles. The summed E-state index contributed by atoms with van der Waals surface area (Å²) in [6, 6.07) is 12.9. The van der Waals surface area contributed by atoms with E-state index in [4.69, 9.17) is 16.8 Å². The summed E-state index contributed by atoms with van der Waals surface area (Å²) in [6.45, 7) is -0.108. The van der Waals surface area contributed by atoms with E-state index in [2.05, 4.69) is 51.7 Å². The van der Waals surface area contributed by atoms with Crippen LogP contribution >= 0.6 is 0 Å². The van der Waals surface area contributed by atoms with Crippen LogP contribution in [0.25, 0.3) is 16.1 Å². The van der Waals surface area contributed by atoms with Gasteiger partial charge >= 0.3 is 5.97 Å². The van der Waals surface area contributed by atoms with E-state index in [0.29, 0.717) is 49.9 Å². The Morgan fingerprint density at radius 2 is 1.91 bits per heavy atom. The van der Waals surface area contributed by atoms with Gasteiger partial charge in [-0.3, -0.25) is 0 Å². The Bertz CT molecular complexity index is 1870. The second kappa shape index (κ2) is 18.7. The molecular formula is C43H55N6O6-. The molecule has 0 fully saturated rings. The molecule has 0 amide bonds. The van der Waals surface area contributed by atoms with Crippen molar-refractivity contribution < 1.29 is 29.7 Å². The van der Waals surface area contributed by atoms with Gasteiger partial charge in [0.15, 0.2) is 5.96 Å². The van der Waals surface area contributed by atoms with Crippen molar-refractivity contribution in [2.75, 3.05) is 13.2 Å². The molecule has 3 aliphatic rings.